The number of aromatic nitrogens is 6. The van der Waals surface area contributed by atoms with Crippen LogP contribution in [-0.2, 0) is 28.0 Å². The number of unbranched alkanes of at least 4 members (excludes halogenated alkanes) is 1. The normalized spacial score (nSPS) is 12.6. The van der Waals surface area contributed by atoms with Crippen molar-refractivity contribution in [1.82, 2.24) is 35.1 Å². The van der Waals surface area contributed by atoms with E-state index in [1.165, 1.54) is 0 Å². The number of hydrogen-bond acceptors (Lipinski definition) is 8. The Morgan fingerprint density at radius 1 is 0.844 bits per heavy atom. The highest BCUT2D eigenvalue weighted by Crippen LogP contribution is 2.43. The summed E-state index contributed by atoms with van der Waals surface area (Å²) >= 11 is 10.7. The first-order valence-electron chi connectivity index (χ1n) is 21.7. The third kappa shape index (κ3) is 8.52. The lowest BCUT2D eigenvalue weighted by atomic mass is 9.77. The molecule has 3 heterocycles. The molecule has 11 nitrogen and oxygen atoms in total. The Hall–Kier alpha value is -6.37. The number of halogens is 2. The Morgan fingerprint density at radius 2 is 1.45 bits per heavy atom. The molecule has 0 aliphatic carbocycles. The van der Waals surface area contributed by atoms with Crippen LogP contribution in [0, 0.1) is 5.92 Å². The highest BCUT2D eigenvalue weighted by atomic mass is 79.9. The number of carbonyl (C=O) groups is 2. The number of ether oxygens (including phenoxy) is 1. The summed E-state index contributed by atoms with van der Waals surface area (Å²) in [5.41, 5.74) is 5.27. The van der Waals surface area contributed by atoms with E-state index in [2.05, 4.69) is 69.6 Å². The van der Waals surface area contributed by atoms with Gasteiger partial charge in [-0.05, 0) is 74.8 Å². The molecule has 0 saturated heterocycles. The van der Waals surface area contributed by atoms with Crippen LogP contribution in [0.15, 0.2) is 142 Å². The summed E-state index contributed by atoms with van der Waals surface area (Å²) in [6.07, 6.45) is 3.08. The van der Waals surface area contributed by atoms with Gasteiger partial charge in [0, 0.05) is 29.5 Å². The number of fused-ring (bicyclic) bond motifs is 1. The first-order chi connectivity index (χ1) is 31.2. The van der Waals surface area contributed by atoms with Crippen LogP contribution < -0.4 is 5.32 Å². The molecule has 0 aliphatic rings. The van der Waals surface area contributed by atoms with E-state index >= 15 is 0 Å². The highest BCUT2D eigenvalue weighted by Gasteiger charge is 2.41. The van der Waals surface area contributed by atoms with Gasteiger partial charge in [0.05, 0.1) is 11.1 Å². The van der Waals surface area contributed by atoms with Gasteiger partial charge in [0.1, 0.15) is 28.9 Å². The van der Waals surface area contributed by atoms with Crippen LogP contribution in [-0.4, -0.2) is 54.3 Å². The number of rotatable bonds is 17. The lowest BCUT2D eigenvalue weighted by Gasteiger charge is -2.34. The predicted octanol–water partition coefficient (Wildman–Crippen LogP) is 11.3. The van der Waals surface area contributed by atoms with Gasteiger partial charge in [0.15, 0.2) is 10.7 Å². The Morgan fingerprint density at radius 3 is 2.05 bits per heavy atom. The van der Waals surface area contributed by atoms with E-state index in [1.54, 1.807) is 11.7 Å². The molecule has 5 aromatic carbocycles. The van der Waals surface area contributed by atoms with E-state index in [0.29, 0.717) is 42.4 Å². The van der Waals surface area contributed by atoms with Crippen molar-refractivity contribution in [3.8, 4) is 22.7 Å². The summed E-state index contributed by atoms with van der Waals surface area (Å²) in [7, 11) is 0. The zero-order valence-corrected chi connectivity index (χ0v) is 38.5. The molecule has 1 amide bonds. The van der Waals surface area contributed by atoms with E-state index < -0.39 is 23.5 Å². The summed E-state index contributed by atoms with van der Waals surface area (Å²) in [6, 6.07) is 43.7. The lowest BCUT2D eigenvalue weighted by Crippen LogP contribution is -2.46. The summed E-state index contributed by atoms with van der Waals surface area (Å²) in [5, 5.41) is 18.5. The van der Waals surface area contributed by atoms with Crippen molar-refractivity contribution in [3.63, 3.8) is 0 Å². The van der Waals surface area contributed by atoms with Gasteiger partial charge >= 0.3 is 5.97 Å². The van der Waals surface area contributed by atoms with Gasteiger partial charge in [0.25, 0.3) is 5.91 Å². The van der Waals surface area contributed by atoms with E-state index in [0.717, 1.165) is 56.1 Å². The number of aryl methyl sites for hydroxylation is 1. The third-order valence-electron chi connectivity index (χ3n) is 11.7. The summed E-state index contributed by atoms with van der Waals surface area (Å²) in [5.74, 6) is 0.590. The number of hydrogen-bond donors (Lipinski definition) is 1. The third-order valence-corrected chi connectivity index (χ3v) is 12.8. The predicted molar refractivity (Wildman–Crippen MR) is 253 cm³/mol. The minimum Gasteiger partial charge on any atom is -0.464 e. The van der Waals surface area contributed by atoms with Gasteiger partial charge in [-0.25, -0.2) is 9.78 Å². The van der Waals surface area contributed by atoms with Gasteiger partial charge in [-0.2, -0.15) is 0 Å². The Kier molecular flexibility index (Phi) is 13.5. The van der Waals surface area contributed by atoms with Gasteiger partial charge in [-0.1, -0.05) is 167 Å². The molecule has 326 valence electrons. The zero-order valence-electron chi connectivity index (χ0n) is 36.2. The monoisotopic (exact) mass is 937 g/mol. The molecule has 0 radical (unpaired) electrons. The molecule has 64 heavy (non-hydrogen) atoms. The van der Waals surface area contributed by atoms with Crippen molar-refractivity contribution in [1.29, 1.82) is 0 Å². The van der Waals surface area contributed by atoms with Crippen molar-refractivity contribution < 1.29 is 18.7 Å². The molecule has 8 aromatic rings. The number of benzene rings is 5. The van der Waals surface area contributed by atoms with Gasteiger partial charge < -0.3 is 19.0 Å². The van der Waals surface area contributed by atoms with Crippen molar-refractivity contribution in [2.24, 2.45) is 5.92 Å². The van der Waals surface area contributed by atoms with E-state index in [1.807, 2.05) is 115 Å². The van der Waals surface area contributed by atoms with E-state index in [-0.39, 0.29) is 23.4 Å². The first kappa shape index (κ1) is 44.2. The second-order valence-corrected chi connectivity index (χ2v) is 16.9. The first-order valence-corrected chi connectivity index (χ1v) is 22.9. The van der Waals surface area contributed by atoms with Crippen LogP contribution in [0.25, 0.3) is 33.7 Å². The number of imidazole rings is 1. The Labute approximate surface area is 386 Å². The zero-order chi connectivity index (χ0) is 44.8. The summed E-state index contributed by atoms with van der Waals surface area (Å²) in [4.78, 5) is 33.4. The van der Waals surface area contributed by atoms with Gasteiger partial charge in [0.2, 0.25) is 5.82 Å². The van der Waals surface area contributed by atoms with Crippen LogP contribution in [0.4, 0.5) is 0 Å². The van der Waals surface area contributed by atoms with Crippen LogP contribution in [0.1, 0.15) is 85.5 Å². The molecule has 13 heteroatoms. The standard InChI is InChI=1S/C51H49BrClN7O4/c1-5-8-28-42-54-47(53)45(49(61)55-44(33(4)6-2)50(62)63-7-3)59(42)32-34-29-30-41-40(31-34)43(52)46(64-41)38-26-18-19-27-39(38)48-56-58-60(57-48)51(35-20-12-9-13-21-35,36-22-14-10-15-23-36)37-24-16-11-17-25-37/h9-27,29-31,33,44H,5-8,28,32H2,1-4H3,(H,55,61)/t33-,44-/m0/s1. The molecule has 1 N–H and O–H groups in total. The molecular weight excluding hydrogens is 890 g/mol. The molecule has 0 unspecified atom stereocenters. The maximum absolute atomic E-state index is 14.0. The SMILES string of the molecule is CCCCc1nc(Cl)c(C(=O)N[C@H](C(=O)OCC)[C@@H](C)CC)n1Cc1ccc2oc(-c3ccccc3-c3nnn(C(c4ccccc4)(c4ccccc4)c4ccccc4)n3)c(Br)c2c1. The topological polar surface area (TPSA) is 130 Å². The molecule has 2 atom stereocenters. The van der Waals surface area contributed by atoms with Crippen LogP contribution >= 0.6 is 27.5 Å². The Balaban J connectivity index is 1.17. The number of tetrazole rings is 1. The van der Waals surface area contributed by atoms with E-state index in [9.17, 15) is 9.59 Å². The van der Waals surface area contributed by atoms with E-state index in [4.69, 9.17) is 36.2 Å². The number of esters is 1. The quantitative estimate of drug-likeness (QED) is 0.0706. The fourth-order valence-electron chi connectivity index (χ4n) is 8.28. The number of carbonyl (C=O) groups excluding carboxylic acids is 2. The van der Waals surface area contributed by atoms with Crippen LogP contribution in [0.5, 0.6) is 0 Å². The average molecular weight is 939 g/mol. The van der Waals surface area contributed by atoms with Crippen molar-refractivity contribution in [2.75, 3.05) is 6.61 Å². The number of amides is 1. The number of nitrogens with one attached hydrogen (secondary N) is 1. The van der Waals surface area contributed by atoms with Gasteiger partial charge in [-0.15, -0.1) is 15.0 Å². The molecular formula is C51H49BrClN7O4. The molecule has 0 saturated carbocycles. The molecule has 0 aliphatic heterocycles. The smallest absolute Gasteiger partial charge is 0.328 e. The summed E-state index contributed by atoms with van der Waals surface area (Å²) < 4.78 is 14.5. The lowest BCUT2D eigenvalue weighted by molar-refractivity contribution is -0.146. The molecule has 3 aromatic heterocycles. The van der Waals surface area contributed by atoms with Crippen molar-refractivity contribution in [2.45, 2.75) is 71.5 Å². The van der Waals surface area contributed by atoms with Gasteiger partial charge in [-0.3, -0.25) is 4.79 Å². The average Bonchev–Trinajstić information content (AvgIpc) is 4.04. The number of furan rings is 1. The maximum Gasteiger partial charge on any atom is 0.328 e. The molecule has 0 fully saturated rings. The summed E-state index contributed by atoms with van der Waals surface area (Å²) in [6.45, 7) is 8.23. The second-order valence-electron chi connectivity index (χ2n) is 15.8. The second kappa shape index (κ2) is 19.6. The van der Waals surface area contributed by atoms with Crippen molar-refractivity contribution in [3.05, 3.63) is 177 Å². The highest BCUT2D eigenvalue weighted by molar-refractivity contribution is 9.10. The fourth-order valence-corrected chi connectivity index (χ4v) is 9.17. The number of nitrogens with zero attached hydrogens (tertiary/aromatic N) is 6. The Bertz CT molecular complexity index is 2780. The van der Waals surface area contributed by atoms with Crippen molar-refractivity contribution >= 4 is 50.4 Å². The molecule has 0 bridgehead atoms. The minimum absolute atomic E-state index is 0.0823. The van der Waals surface area contributed by atoms with Crippen LogP contribution in [0.3, 0.4) is 0 Å². The molecule has 8 rings (SSSR count). The maximum atomic E-state index is 14.0. The fraction of sp³-hybridized carbons (Fsp3) is 0.255. The minimum atomic E-state index is -0.937. The molecule has 0 spiro atoms. The van der Waals surface area contributed by atoms with Crippen LogP contribution in [0.2, 0.25) is 5.15 Å². The largest absolute Gasteiger partial charge is 0.464 e.